The molecule has 0 bridgehead atoms. The second-order valence-corrected chi connectivity index (χ2v) is 4.46. The highest BCUT2D eigenvalue weighted by atomic mass is 35.5. The number of carbonyl (C=O) groups excluding carboxylic acids is 1. The van der Waals surface area contributed by atoms with Gasteiger partial charge in [-0.3, -0.25) is 4.79 Å². The van der Waals surface area contributed by atoms with Gasteiger partial charge in [-0.2, -0.15) is 0 Å². The minimum absolute atomic E-state index is 0. The summed E-state index contributed by atoms with van der Waals surface area (Å²) in [6.45, 7) is 2.40. The van der Waals surface area contributed by atoms with E-state index >= 15 is 0 Å². The number of hydrogen-bond donors (Lipinski definition) is 2. The maximum Gasteiger partial charge on any atom is 0.224 e. The molecule has 1 aromatic heterocycles. The normalized spacial score (nSPS) is 18.7. The molecule has 0 radical (unpaired) electrons. The van der Waals surface area contributed by atoms with Crippen LogP contribution in [0.1, 0.15) is 18.5 Å². The van der Waals surface area contributed by atoms with Gasteiger partial charge in [0.2, 0.25) is 5.91 Å². The molecule has 1 aromatic rings. The highest BCUT2D eigenvalue weighted by molar-refractivity contribution is 7.07. The minimum atomic E-state index is 0. The number of thiazole rings is 1. The van der Waals surface area contributed by atoms with Crippen molar-refractivity contribution in [2.45, 2.75) is 19.4 Å². The van der Waals surface area contributed by atoms with Crippen molar-refractivity contribution in [2.24, 2.45) is 5.92 Å². The van der Waals surface area contributed by atoms with Gasteiger partial charge in [0.15, 0.2) is 0 Å². The maximum absolute atomic E-state index is 11.7. The summed E-state index contributed by atoms with van der Waals surface area (Å²) in [6.07, 6.45) is 2.09. The van der Waals surface area contributed by atoms with Gasteiger partial charge in [0.25, 0.3) is 0 Å². The van der Waals surface area contributed by atoms with Gasteiger partial charge >= 0.3 is 0 Å². The Labute approximate surface area is 117 Å². The van der Waals surface area contributed by atoms with Crippen molar-refractivity contribution in [2.75, 3.05) is 13.1 Å². The van der Waals surface area contributed by atoms with Crippen molar-refractivity contribution in [3.8, 4) is 0 Å². The number of amides is 1. The fraction of sp³-hybridized carbons (Fsp3) is 0.600. The van der Waals surface area contributed by atoms with Crippen LogP contribution < -0.4 is 10.6 Å². The standard InChI is InChI=1S/C10H15N3OS.2ClH/c14-10(8-2-1-3-11-4-8)12-5-9-6-15-7-13-9;;/h6-8,11H,1-5H2,(H,12,14);2*1H/t8-;;/m1../s1. The van der Waals surface area contributed by atoms with Crippen molar-refractivity contribution in [3.63, 3.8) is 0 Å². The second kappa shape index (κ2) is 8.69. The summed E-state index contributed by atoms with van der Waals surface area (Å²) >= 11 is 1.55. The molecule has 2 rings (SSSR count). The van der Waals surface area contributed by atoms with E-state index < -0.39 is 0 Å². The monoisotopic (exact) mass is 297 g/mol. The van der Waals surface area contributed by atoms with Gasteiger partial charge in [-0.05, 0) is 19.4 Å². The first-order chi connectivity index (χ1) is 7.36. The van der Waals surface area contributed by atoms with Gasteiger partial charge < -0.3 is 10.6 Å². The number of piperidine rings is 1. The number of carbonyl (C=O) groups is 1. The number of hydrogen-bond acceptors (Lipinski definition) is 4. The zero-order chi connectivity index (χ0) is 10.5. The number of rotatable bonds is 3. The van der Waals surface area contributed by atoms with Gasteiger partial charge in [-0.15, -0.1) is 36.2 Å². The predicted molar refractivity (Wildman–Crippen MR) is 74.1 cm³/mol. The number of halogens is 2. The van der Waals surface area contributed by atoms with Gasteiger partial charge in [-0.1, -0.05) is 0 Å². The Morgan fingerprint density at radius 3 is 3.00 bits per heavy atom. The SMILES string of the molecule is Cl.Cl.O=C(NCc1cscn1)[C@@H]1CCCNC1. The summed E-state index contributed by atoms with van der Waals surface area (Å²) in [6, 6.07) is 0. The van der Waals surface area contributed by atoms with E-state index in [2.05, 4.69) is 15.6 Å². The highest BCUT2D eigenvalue weighted by Crippen LogP contribution is 2.10. The van der Waals surface area contributed by atoms with Crippen LogP contribution in [-0.4, -0.2) is 24.0 Å². The van der Waals surface area contributed by atoms with Crippen LogP contribution in [-0.2, 0) is 11.3 Å². The van der Waals surface area contributed by atoms with Crippen molar-refractivity contribution >= 4 is 42.1 Å². The molecule has 1 atom stereocenters. The van der Waals surface area contributed by atoms with Crippen LogP contribution in [0, 0.1) is 5.92 Å². The molecule has 7 heteroatoms. The Morgan fingerprint density at radius 1 is 1.59 bits per heavy atom. The summed E-state index contributed by atoms with van der Waals surface area (Å²) in [5.74, 6) is 0.285. The van der Waals surface area contributed by atoms with E-state index in [0.717, 1.165) is 31.6 Å². The third-order valence-electron chi connectivity index (χ3n) is 2.59. The highest BCUT2D eigenvalue weighted by Gasteiger charge is 2.20. The van der Waals surface area contributed by atoms with Gasteiger partial charge in [-0.25, -0.2) is 4.98 Å². The average molecular weight is 298 g/mol. The topological polar surface area (TPSA) is 54.0 Å². The Balaban J connectivity index is 0.00000128. The average Bonchev–Trinajstić information content (AvgIpc) is 2.80. The Morgan fingerprint density at radius 2 is 2.41 bits per heavy atom. The summed E-state index contributed by atoms with van der Waals surface area (Å²) < 4.78 is 0. The van der Waals surface area contributed by atoms with Crippen molar-refractivity contribution < 1.29 is 4.79 Å². The smallest absolute Gasteiger partial charge is 0.224 e. The van der Waals surface area contributed by atoms with Gasteiger partial charge in [0.05, 0.1) is 23.7 Å². The van der Waals surface area contributed by atoms with Crippen LogP contribution in [0.3, 0.4) is 0 Å². The van der Waals surface area contributed by atoms with Crippen LogP contribution in [0.5, 0.6) is 0 Å². The zero-order valence-electron chi connectivity index (χ0n) is 9.35. The van der Waals surface area contributed by atoms with Crippen molar-refractivity contribution in [3.05, 3.63) is 16.6 Å². The molecule has 0 unspecified atom stereocenters. The fourth-order valence-corrected chi connectivity index (χ4v) is 2.28. The van der Waals surface area contributed by atoms with Crippen molar-refractivity contribution in [1.82, 2.24) is 15.6 Å². The van der Waals surface area contributed by atoms with Crippen LogP contribution in [0.4, 0.5) is 0 Å². The summed E-state index contributed by atoms with van der Waals surface area (Å²) in [7, 11) is 0. The molecule has 4 nitrogen and oxygen atoms in total. The lowest BCUT2D eigenvalue weighted by Gasteiger charge is -2.21. The largest absolute Gasteiger partial charge is 0.350 e. The minimum Gasteiger partial charge on any atom is -0.350 e. The van der Waals surface area contributed by atoms with Crippen LogP contribution in [0.15, 0.2) is 10.9 Å². The molecule has 98 valence electrons. The summed E-state index contributed by atoms with van der Waals surface area (Å²) in [5, 5.41) is 8.11. The molecule has 1 amide bonds. The molecule has 0 saturated carbocycles. The molecule has 1 aliphatic rings. The summed E-state index contributed by atoms with van der Waals surface area (Å²) in [5.41, 5.74) is 2.72. The third kappa shape index (κ3) is 5.21. The summed E-state index contributed by atoms with van der Waals surface area (Å²) in [4.78, 5) is 15.8. The zero-order valence-corrected chi connectivity index (χ0v) is 11.8. The Hall–Kier alpha value is -0.360. The molecule has 2 heterocycles. The first-order valence-electron chi connectivity index (χ1n) is 5.22. The van der Waals surface area contributed by atoms with Gasteiger partial charge in [0.1, 0.15) is 0 Å². The molecular formula is C10H17Cl2N3OS. The van der Waals surface area contributed by atoms with Crippen LogP contribution in [0.25, 0.3) is 0 Å². The van der Waals surface area contributed by atoms with E-state index in [0.29, 0.717) is 6.54 Å². The first kappa shape index (κ1) is 16.6. The molecule has 2 N–H and O–H groups in total. The Kier molecular flexibility index (Phi) is 8.51. The molecule has 1 aliphatic heterocycles. The molecule has 1 saturated heterocycles. The fourth-order valence-electron chi connectivity index (χ4n) is 1.72. The molecule has 0 aromatic carbocycles. The van der Waals surface area contributed by atoms with E-state index in [1.165, 1.54) is 0 Å². The number of nitrogens with one attached hydrogen (secondary N) is 2. The molecule has 1 fully saturated rings. The van der Waals surface area contributed by atoms with E-state index in [1.54, 1.807) is 16.8 Å². The maximum atomic E-state index is 11.7. The lowest BCUT2D eigenvalue weighted by Crippen LogP contribution is -2.40. The van der Waals surface area contributed by atoms with E-state index in [4.69, 9.17) is 0 Å². The third-order valence-corrected chi connectivity index (χ3v) is 3.23. The molecule has 0 spiro atoms. The molecule has 17 heavy (non-hydrogen) atoms. The van der Waals surface area contributed by atoms with E-state index in [1.807, 2.05) is 5.38 Å². The van der Waals surface area contributed by atoms with Gasteiger partial charge in [0, 0.05) is 11.9 Å². The Bertz CT molecular complexity index is 315. The van der Waals surface area contributed by atoms with Crippen molar-refractivity contribution in [1.29, 1.82) is 0 Å². The van der Waals surface area contributed by atoms with E-state index in [-0.39, 0.29) is 36.6 Å². The van der Waals surface area contributed by atoms with Crippen LogP contribution >= 0.6 is 36.2 Å². The second-order valence-electron chi connectivity index (χ2n) is 3.74. The number of aromatic nitrogens is 1. The first-order valence-corrected chi connectivity index (χ1v) is 6.16. The van der Waals surface area contributed by atoms with E-state index in [9.17, 15) is 4.79 Å². The molecular weight excluding hydrogens is 281 g/mol. The quantitative estimate of drug-likeness (QED) is 0.891. The lowest BCUT2D eigenvalue weighted by atomic mass is 9.99. The number of nitrogens with zero attached hydrogens (tertiary/aromatic N) is 1. The molecule has 0 aliphatic carbocycles. The lowest BCUT2D eigenvalue weighted by molar-refractivity contribution is -0.125. The predicted octanol–water partition coefficient (Wildman–Crippen LogP) is 1.60. The van der Waals surface area contributed by atoms with Crippen LogP contribution in [0.2, 0.25) is 0 Å².